The van der Waals surface area contributed by atoms with E-state index in [0.29, 0.717) is 17.2 Å². The molecule has 0 fully saturated rings. The maximum absolute atomic E-state index is 13.3. The standard InChI is InChI=1S/C18H14BFO3/c20-15-8-7-13-18(14-15)23-19(21-16-9-3-1-4-10-16)22-17-11-5-2-6-12-17/h1-14H. The third kappa shape index (κ3) is 4.51. The summed E-state index contributed by atoms with van der Waals surface area (Å²) >= 11 is 0. The van der Waals surface area contributed by atoms with Crippen LogP contribution < -0.4 is 14.0 Å². The Bertz CT molecular complexity index is 696. The van der Waals surface area contributed by atoms with E-state index in [1.165, 1.54) is 12.1 Å². The molecule has 5 heteroatoms. The van der Waals surface area contributed by atoms with E-state index in [1.807, 2.05) is 36.4 Å². The Labute approximate surface area is 134 Å². The first-order valence-corrected chi connectivity index (χ1v) is 7.15. The minimum atomic E-state index is -1.04. The highest BCUT2D eigenvalue weighted by Crippen LogP contribution is 2.18. The lowest BCUT2D eigenvalue weighted by atomic mass is 10.2. The molecule has 3 rings (SSSR count). The van der Waals surface area contributed by atoms with Gasteiger partial charge in [-0.15, -0.1) is 0 Å². The largest absolute Gasteiger partial charge is 0.864 e. The van der Waals surface area contributed by atoms with Crippen molar-refractivity contribution in [3.05, 3.63) is 90.7 Å². The van der Waals surface area contributed by atoms with E-state index in [4.69, 9.17) is 14.0 Å². The van der Waals surface area contributed by atoms with Gasteiger partial charge in [-0.3, -0.25) is 0 Å². The number of hydrogen-bond donors (Lipinski definition) is 0. The summed E-state index contributed by atoms with van der Waals surface area (Å²) in [4.78, 5) is 0. The summed E-state index contributed by atoms with van der Waals surface area (Å²) in [6.07, 6.45) is 0. The molecule has 3 nitrogen and oxygen atoms in total. The molecule has 0 aliphatic carbocycles. The lowest BCUT2D eigenvalue weighted by molar-refractivity contribution is 0.306. The molecule has 0 bridgehead atoms. The Morgan fingerprint density at radius 2 is 1.04 bits per heavy atom. The van der Waals surface area contributed by atoms with Crippen LogP contribution in [0.1, 0.15) is 0 Å². The highest BCUT2D eigenvalue weighted by Gasteiger charge is 2.30. The second-order valence-electron chi connectivity index (χ2n) is 4.73. The van der Waals surface area contributed by atoms with Crippen LogP contribution in [-0.4, -0.2) is 7.32 Å². The molecule has 0 spiro atoms. The molecule has 3 aromatic carbocycles. The van der Waals surface area contributed by atoms with Crippen LogP contribution in [0.3, 0.4) is 0 Å². The predicted molar refractivity (Wildman–Crippen MR) is 86.9 cm³/mol. The van der Waals surface area contributed by atoms with Crippen LogP contribution in [0.5, 0.6) is 17.2 Å². The van der Waals surface area contributed by atoms with Crippen LogP contribution in [0.2, 0.25) is 0 Å². The lowest BCUT2D eigenvalue weighted by Crippen LogP contribution is -2.36. The number of rotatable bonds is 6. The molecule has 0 heterocycles. The van der Waals surface area contributed by atoms with E-state index in [2.05, 4.69) is 0 Å². The van der Waals surface area contributed by atoms with Gasteiger partial charge in [-0.05, 0) is 36.4 Å². The van der Waals surface area contributed by atoms with Gasteiger partial charge >= 0.3 is 7.32 Å². The summed E-state index contributed by atoms with van der Waals surface area (Å²) in [7, 11) is -1.04. The molecule has 0 aliphatic rings. The zero-order valence-corrected chi connectivity index (χ0v) is 12.3. The quantitative estimate of drug-likeness (QED) is 0.634. The van der Waals surface area contributed by atoms with Gasteiger partial charge in [0.2, 0.25) is 0 Å². The zero-order chi connectivity index (χ0) is 15.9. The van der Waals surface area contributed by atoms with Crippen LogP contribution >= 0.6 is 0 Å². The topological polar surface area (TPSA) is 27.7 Å². The van der Waals surface area contributed by atoms with Crippen molar-refractivity contribution in [3.8, 4) is 17.2 Å². The highest BCUT2D eigenvalue weighted by molar-refractivity contribution is 6.39. The van der Waals surface area contributed by atoms with Crippen molar-refractivity contribution < 1.29 is 18.4 Å². The first-order valence-electron chi connectivity index (χ1n) is 7.15. The van der Waals surface area contributed by atoms with Gasteiger partial charge in [0, 0.05) is 6.07 Å². The summed E-state index contributed by atoms with van der Waals surface area (Å²) in [5, 5.41) is 0. The molecule has 0 atom stereocenters. The van der Waals surface area contributed by atoms with Crippen molar-refractivity contribution in [1.29, 1.82) is 0 Å². The van der Waals surface area contributed by atoms with Gasteiger partial charge in [0.15, 0.2) is 0 Å². The smallest absolute Gasteiger partial charge is 0.490 e. The van der Waals surface area contributed by atoms with Gasteiger partial charge in [0.05, 0.1) is 0 Å². The SMILES string of the molecule is Fc1cccc(OB(Oc2ccccc2)Oc2ccccc2)c1. The van der Waals surface area contributed by atoms with Crippen molar-refractivity contribution >= 4 is 7.32 Å². The molecule has 0 saturated heterocycles. The third-order valence-electron chi connectivity index (χ3n) is 2.98. The minimum Gasteiger partial charge on any atom is -0.490 e. The predicted octanol–water partition coefficient (Wildman–Crippen LogP) is 4.35. The Morgan fingerprint density at radius 3 is 1.57 bits per heavy atom. The molecule has 23 heavy (non-hydrogen) atoms. The number of halogens is 1. The van der Waals surface area contributed by atoms with Gasteiger partial charge in [-0.2, -0.15) is 0 Å². The number of benzene rings is 3. The summed E-state index contributed by atoms with van der Waals surface area (Å²) in [6.45, 7) is 0. The fourth-order valence-electron chi connectivity index (χ4n) is 1.94. The molecule has 0 N–H and O–H groups in total. The lowest BCUT2D eigenvalue weighted by Gasteiger charge is -2.16. The molecular weight excluding hydrogens is 294 g/mol. The average Bonchev–Trinajstić information content (AvgIpc) is 2.57. The van der Waals surface area contributed by atoms with Crippen molar-refractivity contribution in [1.82, 2.24) is 0 Å². The van der Waals surface area contributed by atoms with E-state index >= 15 is 0 Å². The molecule has 0 unspecified atom stereocenters. The maximum Gasteiger partial charge on any atom is 0.864 e. The summed E-state index contributed by atoms with van der Waals surface area (Å²) in [5.74, 6) is 1.11. The van der Waals surface area contributed by atoms with Crippen molar-refractivity contribution in [2.24, 2.45) is 0 Å². The summed E-state index contributed by atoms with van der Waals surface area (Å²) in [6, 6.07) is 24.1. The Balaban J connectivity index is 1.77. The van der Waals surface area contributed by atoms with Gasteiger partial charge in [0.25, 0.3) is 0 Å². The van der Waals surface area contributed by atoms with Crippen LogP contribution in [-0.2, 0) is 0 Å². The van der Waals surface area contributed by atoms with E-state index in [0.717, 1.165) is 0 Å². The van der Waals surface area contributed by atoms with Crippen molar-refractivity contribution in [2.45, 2.75) is 0 Å². The van der Waals surface area contributed by atoms with E-state index in [-0.39, 0.29) is 5.82 Å². The second-order valence-corrected chi connectivity index (χ2v) is 4.73. The molecule has 0 aliphatic heterocycles. The number of para-hydroxylation sites is 2. The molecular formula is C18H14BFO3. The first-order chi connectivity index (χ1) is 11.3. The fourth-order valence-corrected chi connectivity index (χ4v) is 1.94. The normalized spacial score (nSPS) is 9.96. The Hall–Kier alpha value is -2.95. The van der Waals surface area contributed by atoms with Crippen LogP contribution in [0.25, 0.3) is 0 Å². The Morgan fingerprint density at radius 1 is 0.565 bits per heavy atom. The fraction of sp³-hybridized carbons (Fsp3) is 0. The van der Waals surface area contributed by atoms with Crippen LogP contribution in [0.15, 0.2) is 84.9 Å². The number of hydrogen-bond acceptors (Lipinski definition) is 3. The maximum atomic E-state index is 13.3. The zero-order valence-electron chi connectivity index (χ0n) is 12.3. The summed E-state index contributed by atoms with van der Waals surface area (Å²) in [5.41, 5.74) is 0. The average molecular weight is 308 g/mol. The molecule has 0 radical (unpaired) electrons. The van der Waals surface area contributed by atoms with E-state index in [9.17, 15) is 4.39 Å². The van der Waals surface area contributed by atoms with Crippen LogP contribution in [0.4, 0.5) is 4.39 Å². The van der Waals surface area contributed by atoms with E-state index in [1.54, 1.807) is 36.4 Å². The van der Waals surface area contributed by atoms with Gasteiger partial charge in [-0.1, -0.05) is 42.5 Å². The summed E-state index contributed by atoms with van der Waals surface area (Å²) < 4.78 is 30.3. The second kappa shape index (κ2) is 7.36. The Kier molecular flexibility index (Phi) is 4.79. The van der Waals surface area contributed by atoms with Crippen LogP contribution in [0, 0.1) is 5.82 Å². The van der Waals surface area contributed by atoms with E-state index < -0.39 is 7.32 Å². The minimum absolute atomic E-state index is 0.321. The first kappa shape index (κ1) is 15.0. The van der Waals surface area contributed by atoms with Crippen molar-refractivity contribution in [2.75, 3.05) is 0 Å². The van der Waals surface area contributed by atoms with Gasteiger partial charge in [0.1, 0.15) is 23.1 Å². The molecule has 0 saturated carbocycles. The third-order valence-corrected chi connectivity index (χ3v) is 2.98. The molecule has 0 amide bonds. The molecule has 0 aromatic heterocycles. The van der Waals surface area contributed by atoms with Crippen molar-refractivity contribution in [3.63, 3.8) is 0 Å². The van der Waals surface area contributed by atoms with Gasteiger partial charge in [-0.25, -0.2) is 4.39 Å². The highest BCUT2D eigenvalue weighted by atomic mass is 19.1. The molecule has 3 aromatic rings. The molecule has 114 valence electrons. The monoisotopic (exact) mass is 308 g/mol. The van der Waals surface area contributed by atoms with Gasteiger partial charge < -0.3 is 14.0 Å².